The Morgan fingerprint density at radius 1 is 1.35 bits per heavy atom. The predicted octanol–water partition coefficient (Wildman–Crippen LogP) is 2.57. The van der Waals surface area contributed by atoms with Gasteiger partial charge in [-0.2, -0.15) is 0 Å². The number of hydrogen-bond donors (Lipinski definition) is 2. The first-order valence-corrected chi connectivity index (χ1v) is 9.38. The number of carboxylic acids is 1. The second-order valence-corrected chi connectivity index (χ2v) is 7.54. The first-order chi connectivity index (χ1) is 12.3. The van der Waals surface area contributed by atoms with Crippen LogP contribution in [0.4, 0.5) is 0 Å². The van der Waals surface area contributed by atoms with E-state index in [0.717, 1.165) is 11.1 Å². The number of hydrogen-bond acceptors (Lipinski definition) is 5. The highest BCUT2D eigenvalue weighted by Gasteiger charge is 2.32. The second kappa shape index (κ2) is 8.95. The number of carbonyl (C=O) groups is 3. The first kappa shape index (κ1) is 20.1. The minimum absolute atomic E-state index is 0.00592. The maximum atomic E-state index is 12.5. The number of thioether (sulfide) groups is 1. The summed E-state index contributed by atoms with van der Waals surface area (Å²) in [6, 6.07) is 6.85. The van der Waals surface area contributed by atoms with Gasteiger partial charge in [0.1, 0.15) is 10.4 Å². The van der Waals surface area contributed by atoms with Crippen LogP contribution in [0, 0.1) is 6.92 Å². The van der Waals surface area contributed by atoms with E-state index in [1.54, 1.807) is 13.0 Å². The normalized spacial score (nSPS) is 16.8. The van der Waals surface area contributed by atoms with Crippen molar-refractivity contribution in [1.82, 2.24) is 10.2 Å². The van der Waals surface area contributed by atoms with Gasteiger partial charge in [0.2, 0.25) is 5.91 Å². The molecule has 2 rings (SSSR count). The van der Waals surface area contributed by atoms with Crippen molar-refractivity contribution in [2.45, 2.75) is 32.7 Å². The molecule has 2 N–H and O–H groups in total. The largest absolute Gasteiger partial charge is 0.480 e. The van der Waals surface area contributed by atoms with Gasteiger partial charge in [0, 0.05) is 13.0 Å². The Morgan fingerprint density at radius 3 is 2.58 bits per heavy atom. The average Bonchev–Trinajstić information content (AvgIpc) is 2.86. The maximum absolute atomic E-state index is 12.5. The lowest BCUT2D eigenvalue weighted by Gasteiger charge is -2.16. The highest BCUT2D eigenvalue weighted by molar-refractivity contribution is 8.26. The lowest BCUT2D eigenvalue weighted by Crippen LogP contribution is -2.42. The third-order valence-corrected chi connectivity index (χ3v) is 5.23. The molecule has 1 aromatic rings. The molecule has 1 aliphatic rings. The van der Waals surface area contributed by atoms with Crippen molar-refractivity contribution < 1.29 is 19.5 Å². The van der Waals surface area contributed by atoms with Gasteiger partial charge in [-0.15, -0.1) is 0 Å². The Morgan fingerprint density at radius 2 is 2.00 bits per heavy atom. The molecule has 0 aliphatic carbocycles. The lowest BCUT2D eigenvalue weighted by atomic mass is 10.1. The summed E-state index contributed by atoms with van der Waals surface area (Å²) in [5, 5.41) is 11.4. The van der Waals surface area contributed by atoms with Crippen LogP contribution in [0.15, 0.2) is 29.2 Å². The van der Waals surface area contributed by atoms with E-state index >= 15 is 0 Å². The lowest BCUT2D eigenvalue weighted by molar-refractivity contribution is -0.142. The van der Waals surface area contributed by atoms with Crippen LogP contribution in [0.3, 0.4) is 0 Å². The highest BCUT2D eigenvalue weighted by Crippen LogP contribution is 2.32. The molecule has 138 valence electrons. The molecule has 6 nitrogen and oxygen atoms in total. The number of benzene rings is 1. The van der Waals surface area contributed by atoms with Gasteiger partial charge in [-0.05, 0) is 25.0 Å². The van der Waals surface area contributed by atoms with Crippen LogP contribution in [0.5, 0.6) is 0 Å². The second-order valence-electron chi connectivity index (χ2n) is 5.86. The summed E-state index contributed by atoms with van der Waals surface area (Å²) in [6.07, 6.45) is 2.06. The van der Waals surface area contributed by atoms with Gasteiger partial charge in [0.25, 0.3) is 5.91 Å². The topological polar surface area (TPSA) is 86.7 Å². The molecule has 1 atom stereocenters. The highest BCUT2D eigenvalue weighted by atomic mass is 32.2. The van der Waals surface area contributed by atoms with E-state index in [0.29, 0.717) is 15.6 Å². The van der Waals surface area contributed by atoms with Gasteiger partial charge in [0.05, 0.1) is 4.91 Å². The fraction of sp³-hybridized carbons (Fsp3) is 0.333. The number of aliphatic carboxylic acids is 1. The van der Waals surface area contributed by atoms with Crippen molar-refractivity contribution in [3.05, 3.63) is 40.3 Å². The Bertz CT molecular complexity index is 759. The number of amides is 2. The molecule has 0 bridgehead atoms. The molecule has 0 radical (unpaired) electrons. The molecular weight excluding hydrogens is 372 g/mol. The van der Waals surface area contributed by atoms with Crippen LogP contribution < -0.4 is 5.32 Å². The minimum atomic E-state index is -1.08. The van der Waals surface area contributed by atoms with Crippen LogP contribution in [-0.4, -0.2) is 44.7 Å². The molecule has 8 heteroatoms. The SMILES string of the molecule is CCC(NC(=O)CCN1C(=O)/C(=C/c2ccc(C)cc2)SC1=S)C(=O)O. The molecule has 1 aromatic carbocycles. The van der Waals surface area contributed by atoms with Gasteiger partial charge >= 0.3 is 5.97 Å². The number of carbonyl (C=O) groups excluding carboxylic acids is 2. The Balaban J connectivity index is 1.97. The minimum Gasteiger partial charge on any atom is -0.480 e. The quantitative estimate of drug-likeness (QED) is 0.548. The molecule has 26 heavy (non-hydrogen) atoms. The summed E-state index contributed by atoms with van der Waals surface area (Å²) in [7, 11) is 0. The smallest absolute Gasteiger partial charge is 0.326 e. The molecule has 1 fully saturated rings. The van der Waals surface area contributed by atoms with E-state index in [9.17, 15) is 14.4 Å². The van der Waals surface area contributed by atoms with Crippen molar-refractivity contribution in [3.8, 4) is 0 Å². The zero-order valence-electron chi connectivity index (χ0n) is 14.5. The van der Waals surface area contributed by atoms with Gasteiger partial charge in [-0.3, -0.25) is 14.5 Å². The van der Waals surface area contributed by atoms with Crippen LogP contribution in [0.2, 0.25) is 0 Å². The van der Waals surface area contributed by atoms with E-state index in [1.807, 2.05) is 31.2 Å². The van der Waals surface area contributed by atoms with E-state index in [4.69, 9.17) is 17.3 Å². The van der Waals surface area contributed by atoms with Crippen molar-refractivity contribution in [3.63, 3.8) is 0 Å². The summed E-state index contributed by atoms with van der Waals surface area (Å²) in [5.41, 5.74) is 2.04. The summed E-state index contributed by atoms with van der Waals surface area (Å²) < 4.78 is 0.395. The third kappa shape index (κ3) is 5.15. The molecule has 0 aromatic heterocycles. The van der Waals surface area contributed by atoms with Crippen molar-refractivity contribution >= 4 is 52.2 Å². The Kier molecular flexibility index (Phi) is 6.93. The average molecular weight is 393 g/mol. The number of aryl methyl sites for hydroxylation is 1. The van der Waals surface area contributed by atoms with Crippen LogP contribution in [0.1, 0.15) is 30.9 Å². The van der Waals surface area contributed by atoms with Crippen molar-refractivity contribution in [2.75, 3.05) is 6.54 Å². The number of nitrogens with one attached hydrogen (secondary N) is 1. The zero-order valence-corrected chi connectivity index (χ0v) is 16.2. The number of carboxylic acid groups (broad SMARTS) is 1. The number of thiocarbonyl (C=S) groups is 1. The number of rotatable bonds is 7. The molecule has 1 saturated heterocycles. The van der Waals surface area contributed by atoms with E-state index in [1.165, 1.54) is 16.7 Å². The summed E-state index contributed by atoms with van der Waals surface area (Å²) in [6.45, 7) is 3.79. The molecule has 0 spiro atoms. The van der Waals surface area contributed by atoms with E-state index in [2.05, 4.69) is 5.32 Å². The van der Waals surface area contributed by atoms with E-state index in [-0.39, 0.29) is 18.9 Å². The third-order valence-electron chi connectivity index (χ3n) is 3.85. The van der Waals surface area contributed by atoms with Crippen LogP contribution in [-0.2, 0) is 14.4 Å². The fourth-order valence-electron chi connectivity index (χ4n) is 2.33. The van der Waals surface area contributed by atoms with Gasteiger partial charge < -0.3 is 10.4 Å². The fourth-order valence-corrected chi connectivity index (χ4v) is 3.63. The van der Waals surface area contributed by atoms with Crippen LogP contribution >= 0.6 is 24.0 Å². The molecule has 0 saturated carbocycles. The van der Waals surface area contributed by atoms with Crippen molar-refractivity contribution in [2.24, 2.45) is 0 Å². The Hall–Kier alpha value is -2.19. The molecule has 1 unspecified atom stereocenters. The number of nitrogens with zero attached hydrogens (tertiary/aromatic N) is 1. The van der Waals surface area contributed by atoms with Gasteiger partial charge in [-0.1, -0.05) is 60.7 Å². The summed E-state index contributed by atoms with van der Waals surface area (Å²) in [4.78, 5) is 37.3. The van der Waals surface area contributed by atoms with Gasteiger partial charge in [-0.25, -0.2) is 4.79 Å². The first-order valence-electron chi connectivity index (χ1n) is 8.16. The molecular formula is C18H20N2O4S2. The summed E-state index contributed by atoms with van der Waals surface area (Å²) >= 11 is 6.44. The summed E-state index contributed by atoms with van der Waals surface area (Å²) in [5.74, 6) is -1.73. The molecule has 2 amide bonds. The maximum Gasteiger partial charge on any atom is 0.326 e. The monoisotopic (exact) mass is 392 g/mol. The predicted molar refractivity (Wildman–Crippen MR) is 106 cm³/mol. The Labute approximate surface area is 161 Å². The van der Waals surface area contributed by atoms with Crippen molar-refractivity contribution in [1.29, 1.82) is 0 Å². The zero-order chi connectivity index (χ0) is 19.3. The van der Waals surface area contributed by atoms with Gasteiger partial charge in [0.15, 0.2) is 0 Å². The van der Waals surface area contributed by atoms with Crippen LogP contribution in [0.25, 0.3) is 6.08 Å². The molecule has 1 heterocycles. The van der Waals surface area contributed by atoms with E-state index < -0.39 is 17.9 Å². The standard InChI is InChI=1S/C18H20N2O4S2/c1-3-13(17(23)24)19-15(21)8-9-20-16(22)14(26-18(20)25)10-12-6-4-11(2)5-7-12/h4-7,10,13H,3,8-9H2,1-2H3,(H,19,21)(H,23,24)/b14-10-. The molecule has 1 aliphatic heterocycles.